The quantitative estimate of drug-likeness (QED) is 0.737. The zero-order valence-corrected chi connectivity index (χ0v) is 8.23. The van der Waals surface area contributed by atoms with Crippen LogP contribution in [0.1, 0.15) is 11.4 Å². The Hall–Kier alpha value is -1.84. The Morgan fingerprint density at radius 3 is 2.64 bits per heavy atom. The lowest BCUT2D eigenvalue weighted by Gasteiger charge is -2.08. The number of nitrogen functional groups attached to an aromatic ring is 1. The molecule has 0 aliphatic heterocycles. The highest BCUT2D eigenvalue weighted by Crippen LogP contribution is 2.18. The highest BCUT2D eigenvalue weighted by Gasteiger charge is 2.06. The lowest BCUT2D eigenvalue weighted by atomic mass is 10.2. The Kier molecular flexibility index (Phi) is 1.96. The second kappa shape index (κ2) is 3.14. The first-order chi connectivity index (χ1) is 6.70. The van der Waals surface area contributed by atoms with Crippen molar-refractivity contribution in [3.05, 3.63) is 36.0 Å². The Morgan fingerprint density at radius 1 is 1.21 bits per heavy atom. The summed E-state index contributed by atoms with van der Waals surface area (Å²) in [5.41, 5.74) is 7.66. The number of nitrogens with zero attached hydrogens (tertiary/aromatic N) is 3. The van der Waals surface area contributed by atoms with Gasteiger partial charge in [-0.2, -0.15) is 0 Å². The molecular weight excluding hydrogens is 176 g/mol. The molecule has 2 N–H and O–H groups in total. The van der Waals surface area contributed by atoms with Crippen molar-refractivity contribution in [3.63, 3.8) is 0 Å². The van der Waals surface area contributed by atoms with E-state index in [1.54, 1.807) is 12.4 Å². The van der Waals surface area contributed by atoms with Crippen LogP contribution in [0.15, 0.2) is 24.7 Å². The fourth-order valence-electron chi connectivity index (χ4n) is 1.35. The van der Waals surface area contributed by atoms with Crippen LogP contribution in [-0.2, 0) is 0 Å². The van der Waals surface area contributed by atoms with Gasteiger partial charge in [0.25, 0.3) is 0 Å². The number of hydrogen-bond donors (Lipinski definition) is 1. The predicted molar refractivity (Wildman–Crippen MR) is 55.2 cm³/mol. The number of hydrogen-bond acceptors (Lipinski definition) is 3. The van der Waals surface area contributed by atoms with Crippen LogP contribution in [0.3, 0.4) is 0 Å². The second-order valence-electron chi connectivity index (χ2n) is 3.21. The number of anilines is 1. The molecule has 0 aromatic carbocycles. The van der Waals surface area contributed by atoms with Crippen LogP contribution in [0, 0.1) is 13.8 Å². The van der Waals surface area contributed by atoms with Gasteiger partial charge in [-0.05, 0) is 25.5 Å². The molecule has 0 radical (unpaired) electrons. The van der Waals surface area contributed by atoms with E-state index >= 15 is 0 Å². The summed E-state index contributed by atoms with van der Waals surface area (Å²) < 4.78 is 1.88. The van der Waals surface area contributed by atoms with Gasteiger partial charge in [-0.1, -0.05) is 0 Å². The molecule has 0 fully saturated rings. The third kappa shape index (κ3) is 1.25. The minimum absolute atomic E-state index is 0.702. The molecule has 72 valence electrons. The zero-order valence-electron chi connectivity index (χ0n) is 8.23. The van der Waals surface area contributed by atoms with Gasteiger partial charge in [0.2, 0.25) is 0 Å². The Balaban J connectivity index is 2.63. The summed E-state index contributed by atoms with van der Waals surface area (Å²) in [6.45, 7) is 3.89. The van der Waals surface area contributed by atoms with E-state index < -0.39 is 0 Å². The van der Waals surface area contributed by atoms with Crippen LogP contribution in [0.25, 0.3) is 5.82 Å². The van der Waals surface area contributed by atoms with E-state index in [1.165, 1.54) is 0 Å². The highest BCUT2D eigenvalue weighted by molar-refractivity contribution is 5.58. The molecule has 2 aromatic heterocycles. The van der Waals surface area contributed by atoms with Crippen molar-refractivity contribution in [2.75, 3.05) is 5.73 Å². The van der Waals surface area contributed by atoms with Crippen LogP contribution in [0.5, 0.6) is 0 Å². The average Bonchev–Trinajstić information content (AvgIpc) is 2.57. The number of nitrogens with two attached hydrogens (primary N) is 1. The Bertz CT molecular complexity index is 459. The molecule has 0 spiro atoms. The molecule has 4 heteroatoms. The molecule has 0 atom stereocenters. The van der Waals surface area contributed by atoms with Crippen molar-refractivity contribution in [2.45, 2.75) is 13.8 Å². The molecule has 0 saturated carbocycles. The van der Waals surface area contributed by atoms with Gasteiger partial charge >= 0.3 is 0 Å². The molecule has 14 heavy (non-hydrogen) atoms. The summed E-state index contributed by atoms with van der Waals surface area (Å²) in [6, 6.07) is 1.89. The van der Waals surface area contributed by atoms with E-state index in [-0.39, 0.29) is 0 Å². The highest BCUT2D eigenvalue weighted by atomic mass is 15.1. The van der Waals surface area contributed by atoms with E-state index in [4.69, 9.17) is 5.73 Å². The lowest BCUT2D eigenvalue weighted by molar-refractivity contribution is 0.933. The van der Waals surface area contributed by atoms with Crippen molar-refractivity contribution >= 4 is 5.69 Å². The SMILES string of the molecule is Cc1ccnc(-n2ccnc2C)c1N. The fourth-order valence-corrected chi connectivity index (χ4v) is 1.35. The molecule has 0 unspecified atom stereocenters. The summed E-state index contributed by atoms with van der Waals surface area (Å²) in [6.07, 6.45) is 5.34. The van der Waals surface area contributed by atoms with Gasteiger partial charge in [-0.3, -0.25) is 4.57 Å². The average molecular weight is 188 g/mol. The van der Waals surface area contributed by atoms with Crippen LogP contribution < -0.4 is 5.73 Å². The first-order valence-corrected chi connectivity index (χ1v) is 4.41. The third-order valence-corrected chi connectivity index (χ3v) is 2.24. The van der Waals surface area contributed by atoms with Gasteiger partial charge in [0.15, 0.2) is 5.82 Å². The maximum atomic E-state index is 5.93. The maximum absolute atomic E-state index is 5.93. The van der Waals surface area contributed by atoms with Crippen molar-refractivity contribution in [3.8, 4) is 5.82 Å². The molecule has 0 aliphatic carbocycles. The molecule has 4 nitrogen and oxygen atoms in total. The van der Waals surface area contributed by atoms with Crippen molar-refractivity contribution in [1.29, 1.82) is 0 Å². The largest absolute Gasteiger partial charge is 0.395 e. The molecule has 2 aromatic rings. The monoisotopic (exact) mass is 188 g/mol. The van der Waals surface area contributed by atoms with Crippen LogP contribution in [0.4, 0.5) is 5.69 Å². The van der Waals surface area contributed by atoms with E-state index in [0.29, 0.717) is 5.69 Å². The van der Waals surface area contributed by atoms with Crippen molar-refractivity contribution < 1.29 is 0 Å². The van der Waals surface area contributed by atoms with Gasteiger partial charge in [0.05, 0.1) is 5.69 Å². The molecule has 2 heterocycles. The van der Waals surface area contributed by atoms with Crippen molar-refractivity contribution in [2.24, 2.45) is 0 Å². The van der Waals surface area contributed by atoms with Gasteiger partial charge in [0.1, 0.15) is 5.82 Å². The Labute approximate surface area is 82.4 Å². The van der Waals surface area contributed by atoms with Crippen molar-refractivity contribution in [1.82, 2.24) is 14.5 Å². The first kappa shape index (κ1) is 8.74. The number of pyridine rings is 1. The summed E-state index contributed by atoms with van der Waals surface area (Å²) >= 11 is 0. The number of imidazole rings is 1. The first-order valence-electron chi connectivity index (χ1n) is 4.41. The van der Waals surface area contributed by atoms with Crippen LogP contribution in [0.2, 0.25) is 0 Å². The number of rotatable bonds is 1. The third-order valence-electron chi connectivity index (χ3n) is 2.24. The van der Waals surface area contributed by atoms with Gasteiger partial charge in [0, 0.05) is 18.6 Å². The fraction of sp³-hybridized carbons (Fsp3) is 0.200. The van der Waals surface area contributed by atoms with Gasteiger partial charge in [-0.25, -0.2) is 9.97 Å². The topological polar surface area (TPSA) is 56.7 Å². The molecule has 0 saturated heterocycles. The molecule has 0 amide bonds. The predicted octanol–water partition coefficient (Wildman–Crippen LogP) is 1.47. The Morgan fingerprint density at radius 2 is 2.00 bits per heavy atom. The molecular formula is C10H12N4. The summed E-state index contributed by atoms with van der Waals surface area (Å²) in [5.74, 6) is 1.63. The van der Waals surface area contributed by atoms with Gasteiger partial charge < -0.3 is 5.73 Å². The number of aromatic nitrogens is 3. The zero-order chi connectivity index (χ0) is 10.1. The van der Waals surface area contributed by atoms with E-state index in [1.807, 2.05) is 30.7 Å². The molecule has 0 aliphatic rings. The minimum Gasteiger partial charge on any atom is -0.395 e. The molecule has 0 bridgehead atoms. The second-order valence-corrected chi connectivity index (χ2v) is 3.21. The number of aryl methyl sites for hydroxylation is 2. The van der Waals surface area contributed by atoms with E-state index in [0.717, 1.165) is 17.2 Å². The van der Waals surface area contributed by atoms with Crippen LogP contribution >= 0.6 is 0 Å². The lowest BCUT2D eigenvalue weighted by Crippen LogP contribution is -2.04. The minimum atomic E-state index is 0.702. The standard InChI is InChI=1S/C10H12N4/c1-7-3-4-13-10(9(7)11)14-6-5-12-8(14)2/h3-6H,11H2,1-2H3. The normalized spacial score (nSPS) is 10.4. The van der Waals surface area contributed by atoms with E-state index in [9.17, 15) is 0 Å². The molecule has 2 rings (SSSR count). The van der Waals surface area contributed by atoms with Gasteiger partial charge in [-0.15, -0.1) is 0 Å². The summed E-state index contributed by atoms with van der Waals surface area (Å²) in [5, 5.41) is 0. The van der Waals surface area contributed by atoms with E-state index in [2.05, 4.69) is 9.97 Å². The maximum Gasteiger partial charge on any atom is 0.161 e. The van der Waals surface area contributed by atoms with Crippen LogP contribution in [-0.4, -0.2) is 14.5 Å². The summed E-state index contributed by atoms with van der Waals surface area (Å²) in [7, 11) is 0. The summed E-state index contributed by atoms with van der Waals surface area (Å²) in [4.78, 5) is 8.37. The smallest absolute Gasteiger partial charge is 0.161 e.